The molecule has 9 aromatic rings. The number of benzene rings is 5. The summed E-state index contributed by atoms with van der Waals surface area (Å²) in [5, 5.41) is 22.4. The number of imidazole rings is 4. The number of halogens is 1. The lowest BCUT2D eigenvalue weighted by molar-refractivity contribution is 0.355. The van der Waals surface area contributed by atoms with Crippen LogP contribution < -0.4 is 25.8 Å². The molecule has 0 atom stereocenters. The van der Waals surface area contributed by atoms with E-state index in [9.17, 15) is 0 Å². The van der Waals surface area contributed by atoms with Crippen LogP contribution in [0.1, 0.15) is 55.4 Å². The number of hydrogen-bond acceptors (Lipinski definition) is 10. The highest BCUT2D eigenvalue weighted by atomic mass is 79.9. The molecule has 4 heterocycles. The van der Waals surface area contributed by atoms with Gasteiger partial charge in [0.05, 0.1) is 51.7 Å². The van der Waals surface area contributed by atoms with E-state index in [-0.39, 0.29) is 0 Å². The van der Waals surface area contributed by atoms with E-state index in [4.69, 9.17) is 37.9 Å². The van der Waals surface area contributed by atoms with Gasteiger partial charge in [0, 0.05) is 107 Å². The van der Waals surface area contributed by atoms with E-state index in [0.717, 1.165) is 43.7 Å². The first-order valence-corrected chi connectivity index (χ1v) is 26.6. The highest BCUT2D eigenvalue weighted by Gasteiger charge is 2.05. The van der Waals surface area contributed by atoms with Gasteiger partial charge in [-0.25, -0.2) is 19.9 Å². The number of ether oxygens (including phenoxy) is 2. The number of nitrogens with one attached hydrogen (secondary N) is 3. The second-order valence-corrected chi connectivity index (χ2v) is 15.3. The van der Waals surface area contributed by atoms with E-state index >= 15 is 0 Å². The summed E-state index contributed by atoms with van der Waals surface area (Å²) >= 11 is 8.23. The summed E-state index contributed by atoms with van der Waals surface area (Å²) in [6, 6.07) is 57.0. The third-order valence-corrected chi connectivity index (χ3v) is 8.07. The molecule has 78 heavy (non-hydrogen) atoms. The van der Waals surface area contributed by atoms with E-state index in [2.05, 4.69) is 72.3 Å². The predicted octanol–water partition coefficient (Wildman–Crippen LogP) is 14.3. The molecule has 0 spiro atoms. The number of H-pyrrole nitrogens is 1. The zero-order chi connectivity index (χ0) is 58.6. The van der Waals surface area contributed by atoms with Crippen LogP contribution >= 0.6 is 28.1 Å². The van der Waals surface area contributed by atoms with Crippen molar-refractivity contribution in [1.29, 1.82) is 10.5 Å². The minimum Gasteiger partial charge on any atom is -0.493 e. The summed E-state index contributed by atoms with van der Waals surface area (Å²) in [5.74, 6) is 1.37. The Hall–Kier alpha value is -8.35. The molecule has 0 radical (unpaired) electrons. The molecule has 0 aliphatic carbocycles. The average Bonchev–Trinajstić information content (AvgIpc) is 4.38. The largest absolute Gasteiger partial charge is 0.493 e. The van der Waals surface area contributed by atoms with Crippen LogP contribution in [0.25, 0.3) is 0 Å². The molecule has 0 saturated carbocycles. The molecule has 4 aromatic heterocycles. The summed E-state index contributed by atoms with van der Waals surface area (Å²) in [6.45, 7) is 19.6. The van der Waals surface area contributed by atoms with Gasteiger partial charge in [-0.1, -0.05) is 175 Å². The van der Waals surface area contributed by atoms with E-state index < -0.39 is 0 Å². The van der Waals surface area contributed by atoms with E-state index in [1.807, 2.05) is 217 Å². The molecule has 5 N–H and O–H groups in total. The SMILES string of the molecule is CC#N.CC#N.CCBr.CCN.CCNC(=S)Nc1ccc(OC)c(OC)c1.CCn1ccnc1.CCn1ccnc1.CCn1ccnc1.c1c[nH]cn1.c1ccccc1.c1ccccc1.c1ccccc1.c1ccccc1. The van der Waals surface area contributed by atoms with Crippen LogP contribution in [0.15, 0.2) is 239 Å². The Labute approximate surface area is 481 Å². The number of aryl methyl sites for hydroxylation is 3. The zero-order valence-corrected chi connectivity index (χ0v) is 49.9. The number of anilines is 1. The number of hydrogen-bond donors (Lipinski definition) is 4. The summed E-state index contributed by atoms with van der Waals surface area (Å²) in [5.41, 5.74) is 5.71. The van der Waals surface area contributed by atoms with Crippen LogP contribution in [0.2, 0.25) is 0 Å². The van der Waals surface area contributed by atoms with Crippen molar-refractivity contribution >= 4 is 38.9 Å². The molecule has 0 bridgehead atoms. The number of nitriles is 2. The van der Waals surface area contributed by atoms with E-state index in [0.29, 0.717) is 16.6 Å². The Morgan fingerprint density at radius 3 is 1.03 bits per heavy atom. The minimum absolute atomic E-state index is 0.592. The van der Waals surface area contributed by atoms with Gasteiger partial charge in [0.2, 0.25) is 0 Å². The van der Waals surface area contributed by atoms with E-state index in [1.165, 1.54) is 13.8 Å². The topological polar surface area (TPSA) is 198 Å². The first-order valence-electron chi connectivity index (χ1n) is 25.1. The van der Waals surface area contributed by atoms with Gasteiger partial charge in [0.1, 0.15) is 0 Å². The standard InChI is InChI=1S/C11H16N2O2S.4C6H6.3C5H8N2.C3H4N2.C2H5Br.C2H7N.2C2H3N/c1-4-12-11(16)13-8-5-6-9(14-2)10(7-8)15-3;4*1-2-4-6-5-3-1;3*1-2-7-4-3-6-5-7;1-2-5-3-4-1;4*1-2-3/h5-7H,4H2,1-3H3,(H2,12,13,16);4*1-6H;3*3-5H,2H2,1H3;1-3H,(H,4,5);2H2,1H3;2-3H2,1H3;2*1H3. The molecular formula is C61H86BrN13O2S. The number of methoxy groups -OCH3 is 2. The second-order valence-electron chi connectivity index (χ2n) is 13.7. The number of nitrogens with two attached hydrogens (primary N) is 1. The van der Waals surface area contributed by atoms with Crippen LogP contribution in [0.5, 0.6) is 11.5 Å². The molecule has 0 amide bonds. The lowest BCUT2D eigenvalue weighted by atomic mass is 10.3. The molecule has 5 aromatic carbocycles. The summed E-state index contributed by atoms with van der Waals surface area (Å²) in [4.78, 5) is 18.0. The highest BCUT2D eigenvalue weighted by Crippen LogP contribution is 2.29. The molecule has 0 fully saturated rings. The summed E-state index contributed by atoms with van der Waals surface area (Å²) in [6.07, 6.45) is 21.7. The number of alkyl halides is 1. The first-order chi connectivity index (χ1) is 38.2. The van der Waals surface area contributed by atoms with Crippen LogP contribution in [-0.2, 0) is 19.6 Å². The first kappa shape index (κ1) is 76.2. The Balaban J connectivity index is -0.000000393. The van der Waals surface area contributed by atoms with Crippen LogP contribution in [0.3, 0.4) is 0 Å². The molecule has 17 heteroatoms. The quantitative estimate of drug-likeness (QED) is 0.0871. The molecule has 420 valence electrons. The number of aromatic amines is 1. The number of rotatable bonds is 7. The number of aromatic nitrogens is 8. The van der Waals surface area contributed by atoms with Gasteiger partial charge < -0.3 is 44.5 Å². The lowest BCUT2D eigenvalue weighted by Crippen LogP contribution is -2.27. The Kier molecular flexibility index (Phi) is 65.1. The smallest absolute Gasteiger partial charge is 0.170 e. The van der Waals surface area contributed by atoms with Gasteiger partial charge in [-0.05, 0) is 58.6 Å². The second kappa shape index (κ2) is 66.7. The van der Waals surface area contributed by atoms with Crippen molar-refractivity contribution < 1.29 is 9.47 Å². The fourth-order valence-corrected chi connectivity index (χ4v) is 4.69. The van der Waals surface area contributed by atoms with Crippen molar-refractivity contribution in [3.05, 3.63) is 239 Å². The minimum atomic E-state index is 0.592. The maximum absolute atomic E-state index is 7.32. The van der Waals surface area contributed by atoms with Crippen LogP contribution in [-0.4, -0.2) is 76.4 Å². The Morgan fingerprint density at radius 1 is 0.564 bits per heavy atom. The molecule has 15 nitrogen and oxygen atoms in total. The Bertz CT molecular complexity index is 2130. The van der Waals surface area contributed by atoms with Crippen molar-refractivity contribution in [2.45, 2.75) is 75.0 Å². The van der Waals surface area contributed by atoms with Crippen molar-refractivity contribution in [2.24, 2.45) is 5.73 Å². The Morgan fingerprint density at radius 2 is 0.859 bits per heavy atom. The average molecular weight is 1150 g/mol. The highest BCUT2D eigenvalue weighted by molar-refractivity contribution is 9.09. The molecule has 0 aliphatic heterocycles. The molecule has 0 aliphatic rings. The van der Waals surface area contributed by atoms with Gasteiger partial charge in [-0.3, -0.25) is 0 Å². The maximum atomic E-state index is 7.32. The number of nitrogens with zero attached hydrogens (tertiary/aromatic N) is 9. The van der Waals surface area contributed by atoms with Crippen LogP contribution in [0, 0.1) is 22.7 Å². The monoisotopic (exact) mass is 1140 g/mol. The molecule has 0 unspecified atom stereocenters. The molecular weight excluding hydrogens is 1060 g/mol. The molecule has 9 rings (SSSR count). The summed E-state index contributed by atoms with van der Waals surface area (Å²) < 4.78 is 16.4. The molecule has 0 saturated heterocycles. The zero-order valence-electron chi connectivity index (χ0n) is 47.5. The predicted molar refractivity (Wildman–Crippen MR) is 334 cm³/mol. The summed E-state index contributed by atoms with van der Waals surface area (Å²) in [7, 11) is 3.21. The van der Waals surface area contributed by atoms with Gasteiger partial charge >= 0.3 is 0 Å². The third-order valence-electron chi connectivity index (χ3n) is 7.82. The lowest BCUT2D eigenvalue weighted by Gasteiger charge is -2.12. The van der Waals surface area contributed by atoms with Gasteiger partial charge in [0.15, 0.2) is 16.6 Å². The van der Waals surface area contributed by atoms with Crippen molar-refractivity contribution in [1.82, 2.24) is 43.9 Å². The fraction of sp³-hybridized carbons (Fsp3) is 0.262. The fourth-order valence-electron chi connectivity index (χ4n) is 4.43. The van der Waals surface area contributed by atoms with Crippen molar-refractivity contribution in [2.75, 3.05) is 38.0 Å². The maximum Gasteiger partial charge on any atom is 0.170 e. The van der Waals surface area contributed by atoms with Gasteiger partial charge in [-0.15, -0.1) is 0 Å². The third kappa shape index (κ3) is 58.5. The van der Waals surface area contributed by atoms with Crippen molar-refractivity contribution in [3.8, 4) is 23.6 Å². The normalized spacial score (nSPS) is 8.08. The van der Waals surface area contributed by atoms with E-state index in [1.54, 1.807) is 82.7 Å². The van der Waals surface area contributed by atoms with Crippen LogP contribution in [0.4, 0.5) is 5.69 Å². The van der Waals surface area contributed by atoms with Gasteiger partial charge in [0.25, 0.3) is 0 Å². The van der Waals surface area contributed by atoms with Gasteiger partial charge in [-0.2, -0.15) is 10.5 Å². The number of thiocarbonyl (C=S) groups is 1. The van der Waals surface area contributed by atoms with Crippen molar-refractivity contribution in [3.63, 3.8) is 0 Å².